The van der Waals surface area contributed by atoms with Crippen molar-refractivity contribution in [2.24, 2.45) is 0 Å². The first kappa shape index (κ1) is 57.9. The molecular weight excluding hydrogens is 941 g/mol. The molecule has 0 atom stereocenters. The van der Waals surface area contributed by atoms with Gasteiger partial charge in [-0.05, 0) is 45.0 Å². The number of methoxy groups -OCH3 is 8. The number of para-hydroxylation sites is 4. The summed E-state index contributed by atoms with van der Waals surface area (Å²) in [5.41, 5.74) is 0. The van der Waals surface area contributed by atoms with E-state index in [0.29, 0.717) is 0 Å². The predicted molar refractivity (Wildman–Crippen MR) is 298 cm³/mol. The molecule has 0 aliphatic heterocycles. The third kappa shape index (κ3) is 19.8. The zero-order valence-electron chi connectivity index (χ0n) is 43.7. The first-order valence-electron chi connectivity index (χ1n) is 25.7. The number of ether oxygens (including phenoxy) is 8. The summed E-state index contributed by atoms with van der Waals surface area (Å²) in [5, 5.41) is 5.13. The molecule has 69 heavy (non-hydrogen) atoms. The topological polar surface area (TPSA) is 73.8 Å². The van der Waals surface area contributed by atoms with Crippen LogP contribution in [0.4, 0.5) is 0 Å². The van der Waals surface area contributed by atoms with Gasteiger partial charge in [0.25, 0.3) is 0 Å². The molecule has 0 saturated carbocycles. The van der Waals surface area contributed by atoms with Crippen molar-refractivity contribution in [2.75, 3.05) is 56.9 Å². The summed E-state index contributed by atoms with van der Waals surface area (Å²) < 4.78 is 45.3. The van der Waals surface area contributed by atoms with Gasteiger partial charge in [-0.3, -0.25) is 0 Å². The molecule has 0 unspecified atom stereocenters. The van der Waals surface area contributed by atoms with Crippen molar-refractivity contribution >= 4 is 66.9 Å². The number of unbranched alkanes of at least 4 members (excludes halogenated alkanes) is 12. The summed E-state index contributed by atoms with van der Waals surface area (Å²) in [6.45, 7) is 0. The molecule has 4 rings (SSSR count). The standard InChI is InChI=1S/C56H84O8Si5/c1-57-45-29-25-33-49(53(45)61-5)65-37-17-9-13-21-41-69(42-22-14-10-18-38-66-50-34-26-30-46(58-2)54(50)62-6,43-23-15-11-19-39-67-51-35-27-31-47(59-3)55(51)63-7)44-24-16-12-20-40-68-52-36-28-32-48(60-4)56(52)64-8/h25-36H,9-24,37-44H2,1-8H3. The molecule has 4 aromatic carbocycles. The van der Waals surface area contributed by atoms with Crippen LogP contribution in [0, 0.1) is 0 Å². The smallest absolute Gasteiger partial charge is 0.160 e. The fourth-order valence-corrected chi connectivity index (χ4v) is 20.3. The molecule has 0 aromatic heterocycles. The Morgan fingerprint density at radius 2 is 0.493 bits per heavy atom. The van der Waals surface area contributed by atoms with E-state index in [9.17, 15) is 0 Å². The van der Waals surface area contributed by atoms with E-state index in [1.54, 1.807) is 56.9 Å². The number of hydrogen-bond acceptors (Lipinski definition) is 8. The van der Waals surface area contributed by atoms with Crippen LogP contribution in [-0.2, 0) is 0 Å². The molecule has 0 saturated heterocycles. The Morgan fingerprint density at radius 1 is 0.275 bits per heavy atom. The van der Waals surface area contributed by atoms with E-state index >= 15 is 0 Å². The third-order valence-electron chi connectivity index (χ3n) is 13.4. The van der Waals surface area contributed by atoms with Crippen LogP contribution in [0.2, 0.25) is 48.4 Å². The number of benzene rings is 4. The molecule has 0 fully saturated rings. The highest BCUT2D eigenvalue weighted by Gasteiger charge is 2.30. The maximum absolute atomic E-state index is 5.74. The van der Waals surface area contributed by atoms with Gasteiger partial charge in [0.1, 0.15) is 0 Å². The number of hydrogen-bond donors (Lipinski definition) is 0. The van der Waals surface area contributed by atoms with Gasteiger partial charge in [-0.2, -0.15) is 0 Å². The van der Waals surface area contributed by atoms with E-state index < -0.39 is 8.07 Å². The van der Waals surface area contributed by atoms with E-state index in [0.717, 1.165) is 84.1 Å². The second-order valence-corrected chi connectivity index (χ2v) is 28.6. The lowest BCUT2D eigenvalue weighted by Crippen LogP contribution is -2.34. The fourth-order valence-electron chi connectivity index (χ4n) is 9.66. The van der Waals surface area contributed by atoms with Crippen LogP contribution >= 0.6 is 0 Å². The SMILES string of the molecule is COc1cccc([Si]CCCCCC[Si](CCCCCC[Si]c2cccc(OC)c2OC)(CCCCCC[Si]c2cccc(OC)c2OC)CCCCCC[Si]c2cccc(OC)c2OC)c1OC. The summed E-state index contributed by atoms with van der Waals surface area (Å²) in [6, 6.07) is 36.0. The molecule has 0 N–H and O–H groups in total. The van der Waals surface area contributed by atoms with Gasteiger partial charge in [0, 0.05) is 0 Å². The lowest BCUT2D eigenvalue weighted by molar-refractivity contribution is 0.357. The molecule has 0 aliphatic carbocycles. The minimum atomic E-state index is -1.49. The van der Waals surface area contributed by atoms with Gasteiger partial charge < -0.3 is 37.9 Å². The molecule has 0 amide bonds. The van der Waals surface area contributed by atoms with Crippen molar-refractivity contribution in [3.8, 4) is 46.0 Å². The fraction of sp³-hybridized carbons (Fsp3) is 0.571. The Kier molecular flexibility index (Phi) is 29.1. The Bertz CT molecular complexity index is 1720. The summed E-state index contributed by atoms with van der Waals surface area (Å²) >= 11 is 0. The summed E-state index contributed by atoms with van der Waals surface area (Å²) in [6.07, 6.45) is 21.4. The van der Waals surface area contributed by atoms with Gasteiger partial charge in [0.05, 0.1) is 103 Å². The van der Waals surface area contributed by atoms with Crippen LogP contribution in [-0.4, -0.2) is 103 Å². The molecule has 8 nitrogen and oxygen atoms in total. The van der Waals surface area contributed by atoms with Crippen molar-refractivity contribution in [1.82, 2.24) is 0 Å². The zero-order chi connectivity index (χ0) is 49.4. The molecule has 376 valence electrons. The van der Waals surface area contributed by atoms with E-state index in [-0.39, 0.29) is 0 Å². The third-order valence-corrected chi connectivity index (χ3v) is 24.6. The van der Waals surface area contributed by atoms with E-state index in [4.69, 9.17) is 37.9 Å². The van der Waals surface area contributed by atoms with Crippen molar-refractivity contribution in [2.45, 2.75) is 151 Å². The molecule has 4 aromatic rings. The van der Waals surface area contributed by atoms with Crippen molar-refractivity contribution < 1.29 is 37.9 Å². The molecule has 0 aliphatic rings. The second kappa shape index (κ2) is 34.6. The largest absolute Gasteiger partial charge is 0.493 e. The Balaban J connectivity index is 1.35. The average Bonchev–Trinajstić information content (AvgIpc) is 3.38. The summed E-state index contributed by atoms with van der Waals surface area (Å²) in [5.74, 6) is 6.96. The first-order valence-corrected chi connectivity index (χ1v) is 33.4. The van der Waals surface area contributed by atoms with Crippen molar-refractivity contribution in [3.05, 3.63) is 72.8 Å². The normalized spacial score (nSPS) is 11.4. The molecule has 8 radical (unpaired) electrons. The van der Waals surface area contributed by atoms with Gasteiger partial charge >= 0.3 is 0 Å². The van der Waals surface area contributed by atoms with Crippen LogP contribution < -0.4 is 58.6 Å². The zero-order valence-corrected chi connectivity index (χ0v) is 48.7. The van der Waals surface area contributed by atoms with Crippen LogP contribution in [0.15, 0.2) is 72.8 Å². The predicted octanol–water partition coefficient (Wildman–Crippen LogP) is 11.5. The molecule has 0 bridgehead atoms. The Morgan fingerprint density at radius 3 is 0.696 bits per heavy atom. The van der Waals surface area contributed by atoms with Crippen molar-refractivity contribution in [1.29, 1.82) is 0 Å². The van der Waals surface area contributed by atoms with Gasteiger partial charge in [-0.15, -0.1) is 0 Å². The quantitative estimate of drug-likeness (QED) is 0.0322. The van der Waals surface area contributed by atoms with Gasteiger partial charge in [0.2, 0.25) is 0 Å². The lowest BCUT2D eigenvalue weighted by Gasteiger charge is -2.33. The molecule has 13 heteroatoms. The highest BCUT2D eigenvalue weighted by molar-refractivity contribution is 6.79. The Hall–Kier alpha value is -3.64. The van der Waals surface area contributed by atoms with Crippen LogP contribution in [0.3, 0.4) is 0 Å². The van der Waals surface area contributed by atoms with E-state index in [1.807, 2.05) is 24.3 Å². The monoisotopic (exact) mass is 1020 g/mol. The highest BCUT2D eigenvalue weighted by Crippen LogP contribution is 2.36. The Labute approximate surface area is 429 Å². The maximum Gasteiger partial charge on any atom is 0.160 e. The van der Waals surface area contributed by atoms with Gasteiger partial charge in [-0.1, -0.05) is 200 Å². The van der Waals surface area contributed by atoms with E-state index in [2.05, 4.69) is 48.5 Å². The lowest BCUT2D eigenvalue weighted by atomic mass is 10.2. The first-order chi connectivity index (χ1) is 33.9. The molecule has 0 heterocycles. The molecular formula is C56H84O8Si5. The molecule has 0 spiro atoms. The van der Waals surface area contributed by atoms with Crippen LogP contribution in [0.1, 0.15) is 103 Å². The van der Waals surface area contributed by atoms with Crippen LogP contribution in [0.5, 0.6) is 46.0 Å². The highest BCUT2D eigenvalue weighted by atomic mass is 28.3. The summed E-state index contributed by atoms with van der Waals surface area (Å²) in [4.78, 5) is 0. The van der Waals surface area contributed by atoms with Crippen LogP contribution in [0.25, 0.3) is 0 Å². The second-order valence-electron chi connectivity index (χ2n) is 18.0. The van der Waals surface area contributed by atoms with Crippen molar-refractivity contribution in [3.63, 3.8) is 0 Å². The van der Waals surface area contributed by atoms with E-state index in [1.165, 1.54) is 172 Å². The minimum Gasteiger partial charge on any atom is -0.493 e. The number of rotatable bonds is 40. The minimum absolute atomic E-state index is 0.748. The van der Waals surface area contributed by atoms with Gasteiger partial charge in [-0.25, -0.2) is 0 Å². The van der Waals surface area contributed by atoms with Gasteiger partial charge in [0.15, 0.2) is 46.0 Å². The average molecular weight is 1030 g/mol. The maximum atomic E-state index is 5.74. The summed E-state index contributed by atoms with van der Waals surface area (Å²) in [7, 11) is 15.4.